The molecule has 1 saturated heterocycles. The predicted molar refractivity (Wildman–Crippen MR) is 103 cm³/mol. The molecular formula is C22H30N2O2. The molecule has 4 rings (SSSR count). The van der Waals surface area contributed by atoms with Gasteiger partial charge in [-0.15, -0.1) is 0 Å². The lowest BCUT2D eigenvalue weighted by Gasteiger charge is -2.43. The Morgan fingerprint density at radius 1 is 0.769 bits per heavy atom. The number of hydrogen-bond acceptors (Lipinski definition) is 3. The lowest BCUT2D eigenvalue weighted by molar-refractivity contribution is -0.136. The van der Waals surface area contributed by atoms with E-state index in [4.69, 9.17) is 0 Å². The molecule has 1 saturated carbocycles. The van der Waals surface area contributed by atoms with Gasteiger partial charge in [-0.2, -0.15) is 0 Å². The van der Waals surface area contributed by atoms with E-state index in [0.29, 0.717) is 0 Å². The molecule has 0 N–H and O–H groups in total. The topological polar surface area (TPSA) is 40.6 Å². The minimum atomic E-state index is -0.298. The van der Waals surface area contributed by atoms with E-state index in [1.165, 1.54) is 44.9 Å². The summed E-state index contributed by atoms with van der Waals surface area (Å²) >= 11 is 0. The maximum atomic E-state index is 12.6. The summed E-state index contributed by atoms with van der Waals surface area (Å²) in [5.74, 6) is -0.556. The van der Waals surface area contributed by atoms with Gasteiger partial charge in [-0.25, -0.2) is 0 Å². The van der Waals surface area contributed by atoms with Crippen molar-refractivity contribution < 1.29 is 9.59 Å². The van der Waals surface area contributed by atoms with Crippen LogP contribution in [0.15, 0.2) is 24.3 Å². The van der Waals surface area contributed by atoms with Crippen LogP contribution in [-0.2, 0) is 16.0 Å². The fourth-order valence-electron chi connectivity index (χ4n) is 5.06. The number of ketones is 1. The van der Waals surface area contributed by atoms with E-state index < -0.39 is 0 Å². The Bertz CT molecular complexity index is 656. The van der Waals surface area contributed by atoms with Gasteiger partial charge in [0.2, 0.25) is 5.78 Å². The number of fused-ring (bicyclic) bond motifs is 1. The van der Waals surface area contributed by atoms with Crippen LogP contribution in [0, 0.1) is 0 Å². The van der Waals surface area contributed by atoms with E-state index >= 15 is 0 Å². The van der Waals surface area contributed by atoms with Crippen molar-refractivity contribution in [3.8, 4) is 0 Å². The van der Waals surface area contributed by atoms with Crippen LogP contribution in [-0.4, -0.2) is 41.8 Å². The number of rotatable bonds is 2. The lowest BCUT2D eigenvalue weighted by atomic mass is 9.91. The van der Waals surface area contributed by atoms with E-state index in [-0.39, 0.29) is 24.2 Å². The first-order chi connectivity index (χ1) is 12.7. The Morgan fingerprint density at radius 2 is 1.42 bits per heavy atom. The van der Waals surface area contributed by atoms with E-state index in [1.807, 2.05) is 29.2 Å². The molecule has 3 aliphatic rings. The Hall–Kier alpha value is -1.68. The molecule has 0 unspecified atom stereocenters. The first kappa shape index (κ1) is 17.7. The quantitative estimate of drug-likeness (QED) is 0.760. The molecule has 2 aliphatic heterocycles. The number of amides is 1. The Balaban J connectivity index is 1.44. The van der Waals surface area contributed by atoms with Crippen LogP contribution in [0.4, 0.5) is 5.69 Å². The maximum absolute atomic E-state index is 12.6. The smallest absolute Gasteiger partial charge is 0.294 e. The van der Waals surface area contributed by atoms with Gasteiger partial charge in [-0.1, -0.05) is 50.3 Å². The number of piperidine rings is 1. The molecule has 0 bridgehead atoms. The van der Waals surface area contributed by atoms with Crippen molar-refractivity contribution in [2.45, 2.75) is 76.3 Å². The van der Waals surface area contributed by atoms with Gasteiger partial charge in [0.15, 0.2) is 0 Å². The Labute approximate surface area is 156 Å². The summed E-state index contributed by atoms with van der Waals surface area (Å²) in [4.78, 5) is 29.3. The van der Waals surface area contributed by atoms with Gasteiger partial charge in [0, 0.05) is 37.3 Å². The second-order valence-corrected chi connectivity index (χ2v) is 8.17. The molecule has 26 heavy (non-hydrogen) atoms. The first-order valence-corrected chi connectivity index (χ1v) is 10.4. The molecule has 1 aliphatic carbocycles. The van der Waals surface area contributed by atoms with Crippen molar-refractivity contribution in [3.63, 3.8) is 0 Å². The highest BCUT2D eigenvalue weighted by Gasteiger charge is 2.37. The Morgan fingerprint density at radius 3 is 2.15 bits per heavy atom. The number of Topliss-reactive ketones (excluding diaryl/α,β-unsaturated/α-hetero) is 1. The normalized spacial score (nSPS) is 24.2. The maximum Gasteiger partial charge on any atom is 0.294 e. The zero-order valence-electron chi connectivity index (χ0n) is 15.7. The summed E-state index contributed by atoms with van der Waals surface area (Å²) in [5, 5.41) is 0. The van der Waals surface area contributed by atoms with Crippen LogP contribution < -0.4 is 4.90 Å². The zero-order valence-corrected chi connectivity index (χ0v) is 15.7. The third-order valence-corrected chi connectivity index (χ3v) is 6.51. The van der Waals surface area contributed by atoms with Gasteiger partial charge in [-0.05, 0) is 37.3 Å². The van der Waals surface area contributed by atoms with Crippen molar-refractivity contribution in [2.75, 3.05) is 18.0 Å². The standard InChI is InChI=1S/C22H30N2O2/c25-21-16-17-8-6-7-11-20(17)24(22(21)26)19-12-14-23(15-13-19)18-9-4-2-1-3-5-10-18/h6-8,11,18-19H,1-5,9-10,12-16H2. The van der Waals surface area contributed by atoms with Crippen LogP contribution in [0.25, 0.3) is 0 Å². The minimum Gasteiger partial charge on any atom is -0.302 e. The van der Waals surface area contributed by atoms with Crippen molar-refractivity contribution in [1.29, 1.82) is 0 Å². The van der Waals surface area contributed by atoms with Crippen LogP contribution in [0.3, 0.4) is 0 Å². The lowest BCUT2D eigenvalue weighted by Crippen LogP contribution is -2.53. The summed E-state index contributed by atoms with van der Waals surface area (Å²) in [5.41, 5.74) is 1.96. The molecular weight excluding hydrogens is 324 g/mol. The molecule has 1 aromatic carbocycles. The van der Waals surface area contributed by atoms with E-state index in [2.05, 4.69) is 4.90 Å². The largest absolute Gasteiger partial charge is 0.302 e. The second kappa shape index (κ2) is 7.91. The van der Waals surface area contributed by atoms with Gasteiger partial charge < -0.3 is 9.80 Å². The second-order valence-electron chi connectivity index (χ2n) is 8.17. The number of anilines is 1. The summed E-state index contributed by atoms with van der Waals surface area (Å²) in [6.07, 6.45) is 11.7. The molecule has 4 nitrogen and oxygen atoms in total. The van der Waals surface area contributed by atoms with Gasteiger partial charge >= 0.3 is 0 Å². The van der Waals surface area contributed by atoms with Gasteiger partial charge in [-0.3, -0.25) is 9.59 Å². The predicted octanol–water partition coefficient (Wildman–Crippen LogP) is 3.72. The number of nitrogens with zero attached hydrogens (tertiary/aromatic N) is 2. The Kier molecular flexibility index (Phi) is 5.39. The fourth-order valence-corrected chi connectivity index (χ4v) is 5.06. The van der Waals surface area contributed by atoms with Crippen molar-refractivity contribution in [1.82, 2.24) is 4.90 Å². The van der Waals surface area contributed by atoms with Crippen LogP contribution >= 0.6 is 0 Å². The fraction of sp³-hybridized carbons (Fsp3) is 0.636. The molecule has 0 aromatic heterocycles. The summed E-state index contributed by atoms with van der Waals surface area (Å²) in [7, 11) is 0. The van der Waals surface area contributed by atoms with Gasteiger partial charge in [0.1, 0.15) is 0 Å². The SMILES string of the molecule is O=C1Cc2ccccc2N(C2CCN(C3CCCCCCC3)CC2)C1=O. The molecule has 0 radical (unpaired) electrons. The van der Waals surface area contributed by atoms with Crippen molar-refractivity contribution in [2.24, 2.45) is 0 Å². The minimum absolute atomic E-state index is 0.165. The van der Waals surface area contributed by atoms with E-state index in [0.717, 1.165) is 43.2 Å². The van der Waals surface area contributed by atoms with Gasteiger partial charge in [0.05, 0.1) is 0 Å². The van der Waals surface area contributed by atoms with Crippen LogP contribution in [0.2, 0.25) is 0 Å². The number of carbonyl (C=O) groups is 2. The molecule has 4 heteroatoms. The average Bonchev–Trinajstić information content (AvgIpc) is 2.63. The van der Waals surface area contributed by atoms with Crippen molar-refractivity contribution in [3.05, 3.63) is 29.8 Å². The molecule has 0 atom stereocenters. The monoisotopic (exact) mass is 354 g/mol. The highest BCUT2D eigenvalue weighted by molar-refractivity contribution is 6.43. The third kappa shape index (κ3) is 3.57. The first-order valence-electron chi connectivity index (χ1n) is 10.4. The number of hydrogen-bond donors (Lipinski definition) is 0. The number of para-hydroxylation sites is 1. The number of benzene rings is 1. The summed E-state index contributed by atoms with van der Waals surface area (Å²) in [6.45, 7) is 2.10. The number of carbonyl (C=O) groups excluding carboxylic acids is 2. The molecule has 0 spiro atoms. The zero-order chi connectivity index (χ0) is 17.9. The molecule has 1 amide bonds. The highest BCUT2D eigenvalue weighted by Crippen LogP contribution is 2.32. The molecule has 140 valence electrons. The molecule has 1 aromatic rings. The van der Waals surface area contributed by atoms with E-state index in [1.54, 1.807) is 0 Å². The van der Waals surface area contributed by atoms with Crippen molar-refractivity contribution >= 4 is 17.4 Å². The van der Waals surface area contributed by atoms with Gasteiger partial charge in [0.25, 0.3) is 5.91 Å². The van der Waals surface area contributed by atoms with Crippen LogP contribution in [0.1, 0.15) is 63.4 Å². The molecule has 2 fully saturated rings. The molecule has 2 heterocycles. The third-order valence-electron chi connectivity index (χ3n) is 6.51. The van der Waals surface area contributed by atoms with Crippen LogP contribution in [0.5, 0.6) is 0 Å². The van der Waals surface area contributed by atoms with E-state index in [9.17, 15) is 9.59 Å². The number of likely N-dealkylation sites (tertiary alicyclic amines) is 1. The summed E-state index contributed by atoms with van der Waals surface area (Å²) < 4.78 is 0. The highest BCUT2D eigenvalue weighted by atomic mass is 16.2. The summed E-state index contributed by atoms with van der Waals surface area (Å²) in [6, 6.07) is 8.80. The average molecular weight is 354 g/mol.